The highest BCUT2D eigenvalue weighted by molar-refractivity contribution is 5.89. The summed E-state index contributed by atoms with van der Waals surface area (Å²) in [7, 11) is 0. The molecule has 1 saturated carbocycles. The van der Waals surface area contributed by atoms with Gasteiger partial charge >= 0.3 is 11.9 Å². The van der Waals surface area contributed by atoms with E-state index in [1.165, 1.54) is 16.7 Å². The van der Waals surface area contributed by atoms with E-state index in [0.29, 0.717) is 31.2 Å². The highest BCUT2D eigenvalue weighted by Gasteiger charge is 2.55. The van der Waals surface area contributed by atoms with Crippen molar-refractivity contribution in [2.75, 3.05) is 13.2 Å². The van der Waals surface area contributed by atoms with Crippen LogP contribution in [0.2, 0.25) is 0 Å². The topological polar surface area (TPSA) is 142 Å². The Hall–Kier alpha value is -2.71. The Bertz CT molecular complexity index is 912. The fraction of sp³-hybridized carbons (Fsp3) is 0.577. The molecule has 1 aromatic carbocycles. The molecule has 0 amide bonds. The monoisotopic (exact) mass is 474 g/mol. The molecule has 2 aliphatic carbocycles. The number of carboxylic acid groups (broad SMARTS) is 2. The standard InChI is InChI=1S/C22H34N2O2.C4H4O4/c1-15(2)16-6-7-18-17(12-16)13-19(25)20-21(3,14-24-26-11-10-23)8-5-9-22(18,20)4;5-3(6)1-2-4(7)8/h6-7,12,14-15,19-20,25H,5,8-11,13,23H2,1-4H3;1-2H,(H,5,6)(H,7,8)/b24-14+;2-1+/t19-,20-,21-,22+;/m0./s1. The zero-order valence-electron chi connectivity index (χ0n) is 20.5. The van der Waals surface area contributed by atoms with Gasteiger partial charge in [0.15, 0.2) is 0 Å². The summed E-state index contributed by atoms with van der Waals surface area (Å²) in [6.07, 6.45) is 6.68. The second kappa shape index (κ2) is 11.6. The summed E-state index contributed by atoms with van der Waals surface area (Å²) in [6.45, 7) is 9.89. The van der Waals surface area contributed by atoms with Crippen LogP contribution in [0.4, 0.5) is 0 Å². The first-order valence-electron chi connectivity index (χ1n) is 11.8. The van der Waals surface area contributed by atoms with Crippen molar-refractivity contribution in [2.24, 2.45) is 22.2 Å². The van der Waals surface area contributed by atoms with E-state index in [0.717, 1.165) is 25.7 Å². The summed E-state index contributed by atoms with van der Waals surface area (Å²) in [4.78, 5) is 24.4. The molecule has 3 rings (SSSR count). The third-order valence-corrected chi connectivity index (χ3v) is 7.03. The largest absolute Gasteiger partial charge is 0.478 e. The lowest BCUT2D eigenvalue weighted by atomic mass is 9.49. The Balaban J connectivity index is 0.000000440. The molecule has 188 valence electrons. The Morgan fingerprint density at radius 2 is 1.85 bits per heavy atom. The van der Waals surface area contributed by atoms with E-state index in [2.05, 4.69) is 51.0 Å². The highest BCUT2D eigenvalue weighted by atomic mass is 16.6. The number of hydrogen-bond donors (Lipinski definition) is 4. The van der Waals surface area contributed by atoms with Gasteiger partial charge in [0, 0.05) is 30.0 Å². The first-order valence-corrected chi connectivity index (χ1v) is 11.8. The molecule has 8 nitrogen and oxygen atoms in total. The summed E-state index contributed by atoms with van der Waals surface area (Å²) in [5.41, 5.74) is 9.37. The molecule has 0 heterocycles. The average Bonchev–Trinajstić information content (AvgIpc) is 2.75. The molecule has 34 heavy (non-hydrogen) atoms. The summed E-state index contributed by atoms with van der Waals surface area (Å²) in [6, 6.07) is 6.90. The number of nitrogens with zero attached hydrogens (tertiary/aromatic N) is 1. The summed E-state index contributed by atoms with van der Waals surface area (Å²) >= 11 is 0. The van der Waals surface area contributed by atoms with E-state index in [1.807, 2.05) is 6.21 Å². The third kappa shape index (κ3) is 6.45. The molecule has 0 aromatic heterocycles. The quantitative estimate of drug-likeness (QED) is 0.205. The van der Waals surface area contributed by atoms with Gasteiger partial charge in [0.05, 0.1) is 12.3 Å². The molecule has 0 unspecified atom stereocenters. The van der Waals surface area contributed by atoms with Crippen molar-refractivity contribution in [2.45, 2.75) is 70.8 Å². The molecule has 2 aliphatic rings. The van der Waals surface area contributed by atoms with E-state index in [-0.39, 0.29) is 22.9 Å². The molecular weight excluding hydrogens is 436 g/mol. The van der Waals surface area contributed by atoms with Gasteiger partial charge in [-0.1, -0.05) is 57.5 Å². The van der Waals surface area contributed by atoms with Crippen LogP contribution < -0.4 is 5.73 Å². The fourth-order valence-corrected chi connectivity index (χ4v) is 5.63. The van der Waals surface area contributed by atoms with E-state index in [9.17, 15) is 14.7 Å². The second-order valence-corrected chi connectivity index (χ2v) is 9.96. The molecule has 4 atom stereocenters. The number of hydrogen-bond acceptors (Lipinski definition) is 6. The van der Waals surface area contributed by atoms with Crippen molar-refractivity contribution in [1.82, 2.24) is 0 Å². The SMILES string of the molecule is CC(C)c1ccc2c(c1)C[C@H](O)[C@H]1[C@](C)(/C=N/OCCN)CCC[C@]21C.O=C(O)/C=C/C(=O)O. The number of carboxylic acids is 2. The number of rotatable bonds is 7. The number of aliphatic hydroxyl groups is 1. The zero-order valence-corrected chi connectivity index (χ0v) is 20.5. The lowest BCUT2D eigenvalue weighted by molar-refractivity contribution is -0.134. The minimum Gasteiger partial charge on any atom is -0.478 e. The molecule has 5 N–H and O–H groups in total. The van der Waals surface area contributed by atoms with E-state index in [1.54, 1.807) is 0 Å². The van der Waals surface area contributed by atoms with Crippen LogP contribution in [0.5, 0.6) is 0 Å². The summed E-state index contributed by atoms with van der Waals surface area (Å²) in [5.74, 6) is -1.86. The summed E-state index contributed by atoms with van der Waals surface area (Å²) in [5, 5.41) is 31.0. The molecule has 0 bridgehead atoms. The van der Waals surface area contributed by atoms with Crippen LogP contribution in [-0.4, -0.2) is 52.7 Å². The normalized spacial score (nSPS) is 28.2. The minimum atomic E-state index is -1.26. The van der Waals surface area contributed by atoms with Crippen LogP contribution in [0.1, 0.15) is 69.6 Å². The predicted molar refractivity (Wildman–Crippen MR) is 131 cm³/mol. The molecule has 0 saturated heterocycles. The molecule has 0 radical (unpaired) electrons. The van der Waals surface area contributed by atoms with Gasteiger partial charge in [0.25, 0.3) is 0 Å². The van der Waals surface area contributed by atoms with Crippen LogP contribution in [0, 0.1) is 11.3 Å². The van der Waals surface area contributed by atoms with Gasteiger partial charge in [-0.15, -0.1) is 0 Å². The van der Waals surface area contributed by atoms with Gasteiger partial charge in [-0.05, 0) is 47.3 Å². The van der Waals surface area contributed by atoms with Crippen molar-refractivity contribution in [3.05, 3.63) is 47.0 Å². The second-order valence-electron chi connectivity index (χ2n) is 9.96. The van der Waals surface area contributed by atoms with Crippen molar-refractivity contribution in [3.63, 3.8) is 0 Å². The number of aliphatic hydroxyl groups excluding tert-OH is 1. The lowest BCUT2D eigenvalue weighted by Crippen LogP contribution is -2.56. The molecule has 0 spiro atoms. The number of nitrogens with two attached hydrogens (primary N) is 1. The van der Waals surface area contributed by atoms with Crippen LogP contribution >= 0.6 is 0 Å². The molecule has 8 heteroatoms. The fourth-order valence-electron chi connectivity index (χ4n) is 5.63. The Morgan fingerprint density at radius 1 is 1.21 bits per heavy atom. The predicted octanol–water partition coefficient (Wildman–Crippen LogP) is 3.46. The van der Waals surface area contributed by atoms with Crippen LogP contribution in [0.15, 0.2) is 35.5 Å². The van der Waals surface area contributed by atoms with E-state index >= 15 is 0 Å². The maximum Gasteiger partial charge on any atom is 0.328 e. The van der Waals surface area contributed by atoms with Gasteiger partial charge < -0.3 is 25.9 Å². The first-order chi connectivity index (χ1) is 15.9. The van der Waals surface area contributed by atoms with Gasteiger partial charge in [-0.3, -0.25) is 0 Å². The van der Waals surface area contributed by atoms with Gasteiger partial charge in [0.2, 0.25) is 0 Å². The van der Waals surface area contributed by atoms with Gasteiger partial charge in [0.1, 0.15) is 6.61 Å². The van der Waals surface area contributed by atoms with Crippen molar-refractivity contribution < 1.29 is 29.7 Å². The van der Waals surface area contributed by atoms with Gasteiger partial charge in [-0.25, -0.2) is 9.59 Å². The average molecular weight is 475 g/mol. The maximum atomic E-state index is 11.2. The van der Waals surface area contributed by atoms with Crippen LogP contribution in [0.3, 0.4) is 0 Å². The number of aliphatic carboxylic acids is 2. The Kier molecular flexibility index (Phi) is 9.41. The number of fused-ring (bicyclic) bond motifs is 3. The van der Waals surface area contributed by atoms with E-state index in [4.69, 9.17) is 20.8 Å². The number of oxime groups is 1. The number of carbonyl (C=O) groups is 2. The number of benzene rings is 1. The van der Waals surface area contributed by atoms with Crippen molar-refractivity contribution in [3.8, 4) is 0 Å². The van der Waals surface area contributed by atoms with Crippen LogP contribution in [0.25, 0.3) is 0 Å². The van der Waals surface area contributed by atoms with E-state index < -0.39 is 11.9 Å². The molecule has 1 aromatic rings. The zero-order chi connectivity index (χ0) is 25.5. The smallest absolute Gasteiger partial charge is 0.328 e. The molecular formula is C26H38N2O6. The summed E-state index contributed by atoms with van der Waals surface area (Å²) < 4.78 is 0. The Labute approximate surface area is 201 Å². The third-order valence-electron chi connectivity index (χ3n) is 7.03. The Morgan fingerprint density at radius 3 is 2.41 bits per heavy atom. The highest BCUT2D eigenvalue weighted by Crippen LogP contribution is 2.56. The molecule has 1 fully saturated rings. The van der Waals surface area contributed by atoms with Crippen molar-refractivity contribution in [1.29, 1.82) is 0 Å². The van der Waals surface area contributed by atoms with Crippen molar-refractivity contribution >= 4 is 18.2 Å². The minimum absolute atomic E-state index is 0.0323. The maximum absolute atomic E-state index is 11.2. The first kappa shape index (κ1) is 27.5. The van der Waals surface area contributed by atoms with Crippen LogP contribution in [-0.2, 0) is 26.3 Å². The lowest BCUT2D eigenvalue weighted by Gasteiger charge is -2.56. The molecule has 0 aliphatic heterocycles. The van der Waals surface area contributed by atoms with Gasteiger partial charge in [-0.2, -0.15) is 0 Å².